The van der Waals surface area contributed by atoms with Crippen LogP contribution < -0.4 is 5.32 Å². The third kappa shape index (κ3) is 4.54. The third-order valence-electron chi connectivity index (χ3n) is 4.47. The molecular formula is C16H26N4O3. The maximum absolute atomic E-state index is 12.5. The van der Waals surface area contributed by atoms with Crippen molar-refractivity contribution in [2.45, 2.75) is 44.8 Å². The van der Waals surface area contributed by atoms with Gasteiger partial charge in [0.2, 0.25) is 11.8 Å². The van der Waals surface area contributed by atoms with Gasteiger partial charge in [-0.3, -0.25) is 14.3 Å². The zero-order chi connectivity index (χ0) is 16.9. The first-order valence-electron chi connectivity index (χ1n) is 8.00. The lowest BCUT2D eigenvalue weighted by Crippen LogP contribution is -2.52. The van der Waals surface area contributed by atoms with Gasteiger partial charge < -0.3 is 15.0 Å². The van der Waals surface area contributed by atoms with E-state index in [4.69, 9.17) is 4.74 Å². The molecule has 2 heterocycles. The second-order valence-corrected chi connectivity index (χ2v) is 6.19. The van der Waals surface area contributed by atoms with Crippen LogP contribution in [-0.2, 0) is 20.9 Å². The summed E-state index contributed by atoms with van der Waals surface area (Å²) in [5.74, 6) is 0.0334. The Balaban J connectivity index is 1.97. The number of carbonyl (C=O) groups excluding carboxylic acids is 2. The molecule has 1 aromatic heterocycles. The molecule has 0 saturated carbocycles. The molecule has 2 amide bonds. The summed E-state index contributed by atoms with van der Waals surface area (Å²) in [6, 6.07) is 0. The Morgan fingerprint density at radius 1 is 1.48 bits per heavy atom. The van der Waals surface area contributed by atoms with Crippen molar-refractivity contribution < 1.29 is 14.3 Å². The lowest BCUT2D eigenvalue weighted by Gasteiger charge is -2.42. The van der Waals surface area contributed by atoms with Crippen molar-refractivity contribution in [3.05, 3.63) is 18.0 Å². The number of hydrogen-bond acceptors (Lipinski definition) is 4. The molecular weight excluding hydrogens is 296 g/mol. The van der Waals surface area contributed by atoms with E-state index in [9.17, 15) is 9.59 Å². The number of aromatic nitrogens is 2. The van der Waals surface area contributed by atoms with E-state index in [1.807, 2.05) is 18.0 Å². The molecule has 23 heavy (non-hydrogen) atoms. The van der Waals surface area contributed by atoms with Crippen LogP contribution in [0.15, 0.2) is 12.4 Å². The van der Waals surface area contributed by atoms with E-state index in [0.717, 1.165) is 24.9 Å². The largest absolute Gasteiger partial charge is 0.376 e. The van der Waals surface area contributed by atoms with Crippen molar-refractivity contribution in [2.75, 3.05) is 27.2 Å². The van der Waals surface area contributed by atoms with Crippen LogP contribution in [0.3, 0.4) is 0 Å². The summed E-state index contributed by atoms with van der Waals surface area (Å²) in [4.78, 5) is 25.8. The fraction of sp³-hybridized carbons (Fsp3) is 0.688. The number of amides is 2. The highest BCUT2D eigenvalue weighted by Gasteiger charge is 2.37. The number of nitrogens with one attached hydrogen (secondary N) is 1. The Morgan fingerprint density at radius 2 is 2.26 bits per heavy atom. The van der Waals surface area contributed by atoms with Gasteiger partial charge in [0.1, 0.15) is 6.54 Å². The Kier molecular flexibility index (Phi) is 5.76. The summed E-state index contributed by atoms with van der Waals surface area (Å²) in [6.45, 7) is 3.44. The minimum Gasteiger partial charge on any atom is -0.376 e. The van der Waals surface area contributed by atoms with Crippen LogP contribution in [0.2, 0.25) is 0 Å². The Labute approximate surface area is 137 Å². The number of carbonyl (C=O) groups is 2. The van der Waals surface area contributed by atoms with Crippen LogP contribution in [0, 0.1) is 6.92 Å². The first-order valence-corrected chi connectivity index (χ1v) is 8.00. The monoisotopic (exact) mass is 322 g/mol. The van der Waals surface area contributed by atoms with E-state index in [-0.39, 0.29) is 18.4 Å². The normalized spacial score (nSPS) is 21.3. The summed E-state index contributed by atoms with van der Waals surface area (Å²) >= 11 is 0. The van der Waals surface area contributed by atoms with Gasteiger partial charge in [0.25, 0.3) is 0 Å². The molecule has 1 aliphatic rings. The van der Waals surface area contributed by atoms with Crippen molar-refractivity contribution in [2.24, 2.45) is 0 Å². The van der Waals surface area contributed by atoms with Gasteiger partial charge in [-0.2, -0.15) is 5.10 Å². The minimum absolute atomic E-state index is 0.00288. The molecule has 0 aliphatic carbocycles. The molecule has 1 atom stereocenters. The van der Waals surface area contributed by atoms with Crippen LogP contribution >= 0.6 is 0 Å². The van der Waals surface area contributed by atoms with Crippen molar-refractivity contribution in [3.8, 4) is 0 Å². The number of ether oxygens (including phenoxy) is 1. The Hall–Kier alpha value is -1.89. The van der Waals surface area contributed by atoms with Crippen LogP contribution in [0.1, 0.15) is 31.2 Å². The van der Waals surface area contributed by atoms with E-state index >= 15 is 0 Å². The number of nitrogens with zero attached hydrogens (tertiary/aromatic N) is 3. The van der Waals surface area contributed by atoms with Gasteiger partial charge >= 0.3 is 0 Å². The zero-order valence-corrected chi connectivity index (χ0v) is 14.2. The van der Waals surface area contributed by atoms with Gasteiger partial charge in [-0.1, -0.05) is 0 Å². The molecule has 1 N–H and O–H groups in total. The van der Waals surface area contributed by atoms with E-state index < -0.39 is 5.60 Å². The number of likely N-dealkylation sites (tertiary alicyclic amines) is 1. The SMILES string of the molecule is CNC(=O)CCC1(OC)CCCN(C(=O)Cn2cc(C)cn2)C1. The molecule has 0 spiro atoms. The standard InChI is InChI=1S/C16H26N4O3/c1-13-9-18-20(10-13)11-15(22)19-8-4-6-16(12-19,23-3)7-5-14(21)17-2/h9-10H,4-8,11-12H2,1-3H3,(H,17,21). The number of hydrogen-bond donors (Lipinski definition) is 1. The van der Waals surface area contributed by atoms with Crippen molar-refractivity contribution >= 4 is 11.8 Å². The smallest absolute Gasteiger partial charge is 0.244 e. The molecule has 7 heteroatoms. The molecule has 1 aliphatic heterocycles. The number of rotatable bonds is 6. The molecule has 1 fully saturated rings. The van der Waals surface area contributed by atoms with Gasteiger partial charge in [-0.05, 0) is 31.7 Å². The zero-order valence-electron chi connectivity index (χ0n) is 14.2. The predicted octanol–water partition coefficient (Wildman–Crippen LogP) is 0.725. The van der Waals surface area contributed by atoms with Gasteiger partial charge in [-0.15, -0.1) is 0 Å². The van der Waals surface area contributed by atoms with Crippen LogP contribution in [0.5, 0.6) is 0 Å². The van der Waals surface area contributed by atoms with Crippen molar-refractivity contribution in [1.82, 2.24) is 20.0 Å². The highest BCUT2D eigenvalue weighted by molar-refractivity contribution is 5.76. The first-order chi connectivity index (χ1) is 11.0. The Bertz CT molecular complexity index is 557. The van der Waals surface area contributed by atoms with Crippen LogP contribution in [-0.4, -0.2) is 59.3 Å². The molecule has 0 aromatic carbocycles. The maximum atomic E-state index is 12.5. The van der Waals surface area contributed by atoms with E-state index in [0.29, 0.717) is 19.4 Å². The second-order valence-electron chi connectivity index (χ2n) is 6.19. The molecule has 0 radical (unpaired) electrons. The molecule has 7 nitrogen and oxygen atoms in total. The molecule has 1 saturated heterocycles. The second kappa shape index (κ2) is 7.59. The third-order valence-corrected chi connectivity index (χ3v) is 4.47. The van der Waals surface area contributed by atoms with Gasteiger partial charge in [0.15, 0.2) is 0 Å². The average Bonchev–Trinajstić information content (AvgIpc) is 2.97. The molecule has 1 aromatic rings. The molecule has 1 unspecified atom stereocenters. The summed E-state index contributed by atoms with van der Waals surface area (Å²) in [7, 11) is 3.29. The number of methoxy groups -OCH3 is 1. The summed E-state index contributed by atoms with van der Waals surface area (Å²) in [5, 5.41) is 6.79. The lowest BCUT2D eigenvalue weighted by atomic mass is 9.87. The summed E-state index contributed by atoms with van der Waals surface area (Å²) in [5.41, 5.74) is 0.605. The van der Waals surface area contributed by atoms with Crippen LogP contribution in [0.25, 0.3) is 0 Å². The minimum atomic E-state index is -0.430. The number of piperidine rings is 1. The van der Waals surface area contributed by atoms with Gasteiger partial charge in [0, 0.05) is 39.9 Å². The van der Waals surface area contributed by atoms with Gasteiger partial charge in [0.05, 0.1) is 11.8 Å². The predicted molar refractivity (Wildman–Crippen MR) is 85.8 cm³/mol. The van der Waals surface area contributed by atoms with Crippen molar-refractivity contribution in [1.29, 1.82) is 0 Å². The quantitative estimate of drug-likeness (QED) is 0.837. The average molecular weight is 322 g/mol. The topological polar surface area (TPSA) is 76.5 Å². The van der Waals surface area contributed by atoms with Crippen molar-refractivity contribution in [3.63, 3.8) is 0 Å². The van der Waals surface area contributed by atoms with E-state index in [2.05, 4.69) is 10.4 Å². The maximum Gasteiger partial charge on any atom is 0.244 e. The molecule has 0 bridgehead atoms. The first kappa shape index (κ1) is 17.5. The summed E-state index contributed by atoms with van der Waals surface area (Å²) in [6.07, 6.45) is 6.37. The Morgan fingerprint density at radius 3 is 2.87 bits per heavy atom. The highest BCUT2D eigenvalue weighted by Crippen LogP contribution is 2.29. The fourth-order valence-electron chi connectivity index (χ4n) is 3.04. The molecule has 2 rings (SSSR count). The van der Waals surface area contributed by atoms with Crippen LogP contribution in [0.4, 0.5) is 0 Å². The van der Waals surface area contributed by atoms with E-state index in [1.54, 1.807) is 25.0 Å². The van der Waals surface area contributed by atoms with Gasteiger partial charge in [-0.25, -0.2) is 0 Å². The van der Waals surface area contributed by atoms with E-state index in [1.165, 1.54) is 0 Å². The molecule has 128 valence electrons. The summed E-state index contributed by atoms with van der Waals surface area (Å²) < 4.78 is 7.37. The lowest BCUT2D eigenvalue weighted by molar-refractivity contribution is -0.142. The number of aryl methyl sites for hydroxylation is 1. The fourth-order valence-corrected chi connectivity index (χ4v) is 3.04. The highest BCUT2D eigenvalue weighted by atomic mass is 16.5.